The smallest absolute Gasteiger partial charge is 0.312 e. The second-order valence-corrected chi connectivity index (χ2v) is 4.83. The Morgan fingerprint density at radius 1 is 1.21 bits per heavy atom. The summed E-state index contributed by atoms with van der Waals surface area (Å²) in [6.45, 7) is 3.72. The van der Waals surface area contributed by atoms with Crippen molar-refractivity contribution in [2.45, 2.75) is 13.5 Å². The van der Waals surface area contributed by atoms with Gasteiger partial charge in [-0.05, 0) is 19.1 Å². The standard InChI is InChI=1S/C13H16ClN3O2/c1-2-16-6-7-17(13(19)12(16)18)8-9-10(14)4-3-5-11(9)15/h3-5H,2,6-8,15H2,1H3. The summed E-state index contributed by atoms with van der Waals surface area (Å²) >= 11 is 6.08. The fourth-order valence-electron chi connectivity index (χ4n) is 2.10. The summed E-state index contributed by atoms with van der Waals surface area (Å²) in [6, 6.07) is 5.21. The molecule has 1 aliphatic rings. The molecule has 1 aromatic rings. The lowest BCUT2D eigenvalue weighted by Gasteiger charge is -2.33. The van der Waals surface area contributed by atoms with E-state index in [2.05, 4.69) is 0 Å². The van der Waals surface area contributed by atoms with Gasteiger partial charge in [0.1, 0.15) is 0 Å². The van der Waals surface area contributed by atoms with E-state index in [0.29, 0.717) is 35.9 Å². The minimum atomic E-state index is -0.493. The number of halogens is 1. The Morgan fingerprint density at radius 2 is 1.84 bits per heavy atom. The molecule has 2 N–H and O–H groups in total. The molecule has 0 atom stereocenters. The molecule has 0 aliphatic carbocycles. The number of anilines is 1. The Labute approximate surface area is 116 Å². The van der Waals surface area contributed by atoms with E-state index < -0.39 is 11.8 Å². The summed E-state index contributed by atoms with van der Waals surface area (Å²) in [5, 5.41) is 0.512. The fourth-order valence-corrected chi connectivity index (χ4v) is 2.34. The van der Waals surface area contributed by atoms with Crippen LogP contribution in [0.2, 0.25) is 5.02 Å². The molecule has 0 bridgehead atoms. The third-order valence-corrected chi connectivity index (χ3v) is 3.64. The molecular weight excluding hydrogens is 266 g/mol. The maximum Gasteiger partial charge on any atom is 0.312 e. The third-order valence-electron chi connectivity index (χ3n) is 3.28. The van der Waals surface area contributed by atoms with Crippen LogP contribution in [0, 0.1) is 0 Å². The van der Waals surface area contributed by atoms with Crippen LogP contribution in [0.1, 0.15) is 12.5 Å². The van der Waals surface area contributed by atoms with E-state index in [1.165, 1.54) is 9.80 Å². The number of nitrogens with zero attached hydrogens (tertiary/aromatic N) is 2. The van der Waals surface area contributed by atoms with Crippen molar-refractivity contribution in [3.63, 3.8) is 0 Å². The molecule has 2 amide bonds. The number of likely N-dealkylation sites (N-methyl/N-ethyl adjacent to an activating group) is 1. The molecule has 2 rings (SSSR count). The van der Waals surface area contributed by atoms with Gasteiger partial charge >= 0.3 is 11.8 Å². The highest BCUT2D eigenvalue weighted by Crippen LogP contribution is 2.24. The first-order valence-corrected chi connectivity index (χ1v) is 6.53. The third kappa shape index (κ3) is 2.66. The zero-order chi connectivity index (χ0) is 14.0. The van der Waals surface area contributed by atoms with Crippen LogP contribution in [0.3, 0.4) is 0 Å². The number of nitrogen functional groups attached to an aromatic ring is 1. The molecule has 19 heavy (non-hydrogen) atoms. The Kier molecular flexibility index (Phi) is 3.95. The molecule has 1 aliphatic heterocycles. The van der Waals surface area contributed by atoms with Crippen molar-refractivity contribution in [1.29, 1.82) is 0 Å². The second kappa shape index (κ2) is 5.48. The number of benzene rings is 1. The van der Waals surface area contributed by atoms with Gasteiger partial charge in [0, 0.05) is 42.5 Å². The van der Waals surface area contributed by atoms with Crippen LogP contribution in [0.5, 0.6) is 0 Å². The van der Waals surface area contributed by atoms with Crippen LogP contribution in [-0.4, -0.2) is 41.2 Å². The Morgan fingerprint density at radius 3 is 2.47 bits per heavy atom. The van der Waals surface area contributed by atoms with Gasteiger partial charge in [-0.1, -0.05) is 17.7 Å². The van der Waals surface area contributed by atoms with E-state index in [9.17, 15) is 9.59 Å². The van der Waals surface area contributed by atoms with Crippen molar-refractivity contribution in [2.24, 2.45) is 0 Å². The maximum absolute atomic E-state index is 12.0. The number of carbonyl (C=O) groups excluding carboxylic acids is 2. The minimum Gasteiger partial charge on any atom is -0.398 e. The number of piperazine rings is 1. The molecule has 1 saturated heterocycles. The van der Waals surface area contributed by atoms with Crippen molar-refractivity contribution in [2.75, 3.05) is 25.4 Å². The van der Waals surface area contributed by atoms with E-state index in [0.717, 1.165) is 0 Å². The van der Waals surface area contributed by atoms with Crippen LogP contribution in [0.4, 0.5) is 5.69 Å². The maximum atomic E-state index is 12.0. The second-order valence-electron chi connectivity index (χ2n) is 4.42. The van der Waals surface area contributed by atoms with E-state index in [-0.39, 0.29) is 6.54 Å². The summed E-state index contributed by atoms with van der Waals surface area (Å²) in [4.78, 5) is 26.8. The van der Waals surface area contributed by atoms with Crippen molar-refractivity contribution in [1.82, 2.24) is 9.80 Å². The average Bonchev–Trinajstić information content (AvgIpc) is 2.39. The van der Waals surface area contributed by atoms with Gasteiger partial charge in [0.15, 0.2) is 0 Å². The largest absolute Gasteiger partial charge is 0.398 e. The molecule has 0 saturated carbocycles. The van der Waals surface area contributed by atoms with Gasteiger partial charge in [-0.25, -0.2) is 0 Å². The van der Waals surface area contributed by atoms with Gasteiger partial charge in [0.2, 0.25) is 0 Å². The number of amides is 2. The topological polar surface area (TPSA) is 66.6 Å². The zero-order valence-corrected chi connectivity index (χ0v) is 11.5. The molecule has 0 spiro atoms. The predicted molar refractivity (Wildman–Crippen MR) is 73.5 cm³/mol. The van der Waals surface area contributed by atoms with Crippen LogP contribution in [-0.2, 0) is 16.1 Å². The lowest BCUT2D eigenvalue weighted by molar-refractivity contribution is -0.156. The number of carbonyl (C=O) groups is 2. The normalized spacial score (nSPS) is 16.1. The average molecular weight is 282 g/mol. The lowest BCUT2D eigenvalue weighted by atomic mass is 10.1. The molecule has 1 fully saturated rings. The summed E-state index contributed by atoms with van der Waals surface area (Å²) in [7, 11) is 0. The number of hydrogen-bond acceptors (Lipinski definition) is 3. The highest BCUT2D eigenvalue weighted by Gasteiger charge is 2.31. The van der Waals surface area contributed by atoms with E-state index >= 15 is 0 Å². The van der Waals surface area contributed by atoms with Gasteiger partial charge in [-0.15, -0.1) is 0 Å². The number of rotatable bonds is 3. The number of hydrogen-bond donors (Lipinski definition) is 1. The van der Waals surface area contributed by atoms with Gasteiger partial charge in [0.05, 0.1) is 0 Å². The molecule has 102 valence electrons. The summed E-state index contributed by atoms with van der Waals surface area (Å²) in [6.07, 6.45) is 0. The monoisotopic (exact) mass is 281 g/mol. The number of nitrogens with two attached hydrogens (primary N) is 1. The zero-order valence-electron chi connectivity index (χ0n) is 10.7. The van der Waals surface area contributed by atoms with E-state index in [1.807, 2.05) is 6.92 Å². The highest BCUT2D eigenvalue weighted by atomic mass is 35.5. The highest BCUT2D eigenvalue weighted by molar-refractivity contribution is 6.35. The molecule has 0 aromatic heterocycles. The van der Waals surface area contributed by atoms with E-state index in [4.69, 9.17) is 17.3 Å². The van der Waals surface area contributed by atoms with Gasteiger partial charge in [-0.3, -0.25) is 9.59 Å². The Balaban J connectivity index is 2.16. The SMILES string of the molecule is CCN1CCN(Cc2c(N)cccc2Cl)C(=O)C1=O. The Bertz CT molecular complexity index is 498. The molecule has 6 heteroatoms. The quantitative estimate of drug-likeness (QED) is 0.667. The van der Waals surface area contributed by atoms with Crippen LogP contribution < -0.4 is 5.73 Å². The first-order chi connectivity index (χ1) is 9.04. The first kappa shape index (κ1) is 13.7. The van der Waals surface area contributed by atoms with E-state index in [1.54, 1.807) is 18.2 Å². The predicted octanol–water partition coefficient (Wildman–Crippen LogP) is 1.11. The lowest BCUT2D eigenvalue weighted by Crippen LogP contribution is -2.53. The Hall–Kier alpha value is -1.75. The van der Waals surface area contributed by atoms with Gasteiger partial charge < -0.3 is 15.5 Å². The molecule has 1 aromatic carbocycles. The van der Waals surface area contributed by atoms with Gasteiger partial charge in [-0.2, -0.15) is 0 Å². The first-order valence-electron chi connectivity index (χ1n) is 6.15. The molecule has 1 heterocycles. The summed E-state index contributed by atoms with van der Waals surface area (Å²) in [5.74, 6) is -0.952. The van der Waals surface area contributed by atoms with Crippen molar-refractivity contribution >= 4 is 29.1 Å². The molecular formula is C13H16ClN3O2. The molecule has 5 nitrogen and oxygen atoms in total. The van der Waals surface area contributed by atoms with Crippen molar-refractivity contribution in [3.8, 4) is 0 Å². The van der Waals surface area contributed by atoms with Crippen molar-refractivity contribution < 1.29 is 9.59 Å². The van der Waals surface area contributed by atoms with Gasteiger partial charge in [0.25, 0.3) is 0 Å². The van der Waals surface area contributed by atoms with Crippen molar-refractivity contribution in [3.05, 3.63) is 28.8 Å². The summed E-state index contributed by atoms with van der Waals surface area (Å²) < 4.78 is 0. The minimum absolute atomic E-state index is 0.271. The van der Waals surface area contributed by atoms with Crippen LogP contribution in [0.25, 0.3) is 0 Å². The molecule has 0 radical (unpaired) electrons. The molecule has 0 unspecified atom stereocenters. The van der Waals surface area contributed by atoms with Crippen LogP contribution in [0.15, 0.2) is 18.2 Å². The fraction of sp³-hybridized carbons (Fsp3) is 0.385. The van der Waals surface area contributed by atoms with Crippen LogP contribution >= 0.6 is 11.6 Å². The summed E-state index contributed by atoms with van der Waals surface area (Å²) in [5.41, 5.74) is 7.08.